The third-order valence-electron chi connectivity index (χ3n) is 1.97. The van der Waals surface area contributed by atoms with Crippen molar-refractivity contribution in [1.29, 1.82) is 0 Å². The molecule has 116 valence electrons. The number of quaternary nitrogens is 1. The molecule has 0 fully saturated rings. The van der Waals surface area contributed by atoms with Crippen molar-refractivity contribution in [3.63, 3.8) is 0 Å². The third kappa shape index (κ3) is 18.6. The van der Waals surface area contributed by atoms with E-state index in [9.17, 15) is 19.8 Å². The average molecular weight is 290 g/mol. The highest BCUT2D eigenvalue weighted by atomic mass is 16.4. The van der Waals surface area contributed by atoms with Crippen LogP contribution >= 0.6 is 0 Å². The van der Waals surface area contributed by atoms with E-state index in [1.807, 2.05) is 0 Å². The Balaban J connectivity index is 0. The maximum Gasteiger partial charge on any atom is 0.101 e. The number of hydrogen-bond acceptors (Lipinski definition) is 7. The van der Waals surface area contributed by atoms with Gasteiger partial charge in [-0.05, 0) is 12.2 Å². The van der Waals surface area contributed by atoms with Crippen molar-refractivity contribution < 1.29 is 40.0 Å². The predicted molar refractivity (Wildman–Crippen MR) is 65.1 cm³/mol. The predicted octanol–water partition coefficient (Wildman–Crippen LogP) is -5.55. The van der Waals surface area contributed by atoms with Gasteiger partial charge in [0.25, 0.3) is 0 Å². The number of nitrogens with one attached hydrogen (secondary N) is 1. The number of allylic oxidation sites excluding steroid dienone is 2. The van der Waals surface area contributed by atoms with Crippen LogP contribution in [0.15, 0.2) is 24.3 Å². The number of carbonyl (C=O) groups excluding carboxylic acids is 2. The van der Waals surface area contributed by atoms with E-state index in [1.165, 1.54) is 0 Å². The first kappa shape index (κ1) is 20.6. The number of carboxylic acid groups (broad SMARTS) is 2. The molecule has 0 spiro atoms. The minimum Gasteiger partial charge on any atom is -0.545 e. The van der Waals surface area contributed by atoms with Gasteiger partial charge < -0.3 is 40.0 Å². The summed E-state index contributed by atoms with van der Waals surface area (Å²) in [7, 11) is 0. The first-order valence-corrected chi connectivity index (χ1v) is 5.90. The van der Waals surface area contributed by atoms with Crippen LogP contribution in [-0.4, -0.2) is 66.7 Å². The molecule has 0 heterocycles. The second-order valence-corrected chi connectivity index (χ2v) is 3.53. The summed E-state index contributed by atoms with van der Waals surface area (Å²) in [5.41, 5.74) is 0. The number of carboxylic acids is 2. The number of carbonyl (C=O) groups is 2. The highest BCUT2D eigenvalue weighted by Gasteiger charge is 2.03. The lowest BCUT2D eigenvalue weighted by atomic mass is 10.4. The van der Waals surface area contributed by atoms with Gasteiger partial charge >= 0.3 is 0 Å². The lowest BCUT2D eigenvalue weighted by Gasteiger charge is -2.15. The van der Waals surface area contributed by atoms with Crippen molar-refractivity contribution in [2.75, 3.05) is 39.5 Å². The third-order valence-corrected chi connectivity index (χ3v) is 1.97. The Bertz CT molecular complexity index is 279. The molecule has 4 N–H and O–H groups in total. The van der Waals surface area contributed by atoms with Gasteiger partial charge in [0.2, 0.25) is 0 Å². The van der Waals surface area contributed by atoms with E-state index in [0.29, 0.717) is 31.8 Å². The Kier molecular flexibility index (Phi) is 15.8. The molecule has 20 heavy (non-hydrogen) atoms. The van der Waals surface area contributed by atoms with E-state index >= 15 is 0 Å². The SMILES string of the molecule is O=C([O-])/C=C/C=C/C(=O)[O-].OCC[NH+](CCO)CCO. The van der Waals surface area contributed by atoms with Crippen molar-refractivity contribution >= 4 is 11.9 Å². The van der Waals surface area contributed by atoms with Crippen molar-refractivity contribution in [2.45, 2.75) is 0 Å². The van der Waals surface area contributed by atoms with Gasteiger partial charge in [0.15, 0.2) is 0 Å². The van der Waals surface area contributed by atoms with Crippen LogP contribution in [0.25, 0.3) is 0 Å². The van der Waals surface area contributed by atoms with E-state index in [2.05, 4.69) is 0 Å². The topological polar surface area (TPSA) is 145 Å². The number of hydrogen-bond donors (Lipinski definition) is 4. The normalized spacial score (nSPS) is 10.8. The molecule has 0 radical (unpaired) electrons. The molecule has 0 aliphatic carbocycles. The van der Waals surface area contributed by atoms with Crippen molar-refractivity contribution in [3.8, 4) is 0 Å². The highest BCUT2D eigenvalue weighted by molar-refractivity contribution is 5.80. The summed E-state index contributed by atoms with van der Waals surface area (Å²) in [5, 5.41) is 44.8. The van der Waals surface area contributed by atoms with Crippen LogP contribution < -0.4 is 15.1 Å². The van der Waals surface area contributed by atoms with Crippen molar-refractivity contribution in [3.05, 3.63) is 24.3 Å². The van der Waals surface area contributed by atoms with Gasteiger partial charge in [0.05, 0.1) is 31.8 Å². The number of aliphatic carboxylic acids is 2. The van der Waals surface area contributed by atoms with Gasteiger partial charge in [-0.25, -0.2) is 0 Å². The molecular formula is C12H20NO7-. The largest absolute Gasteiger partial charge is 0.545 e. The molecule has 0 amide bonds. The fraction of sp³-hybridized carbons (Fsp3) is 0.500. The summed E-state index contributed by atoms with van der Waals surface area (Å²) in [4.78, 5) is 20.3. The van der Waals surface area contributed by atoms with Crippen LogP contribution in [0.1, 0.15) is 0 Å². The molecular weight excluding hydrogens is 270 g/mol. The second-order valence-electron chi connectivity index (χ2n) is 3.53. The molecule has 0 unspecified atom stereocenters. The molecule has 0 aliphatic heterocycles. The summed E-state index contributed by atoms with van der Waals surface area (Å²) < 4.78 is 0. The van der Waals surface area contributed by atoms with Gasteiger partial charge in [-0.1, -0.05) is 12.2 Å². The standard InChI is InChI=1S/C6H15NO3.C6H6O4/c8-4-1-7(2-5-9)3-6-10;7-5(8)3-1-2-4-6(9)10/h8-10H,1-6H2;1-4H,(H,7,8)(H,9,10)/p-1/b;3-1+,4-2+. The number of aliphatic hydroxyl groups excluding tert-OH is 3. The van der Waals surface area contributed by atoms with E-state index in [0.717, 1.165) is 17.1 Å². The minimum absolute atomic E-state index is 0.106. The molecule has 0 bridgehead atoms. The summed E-state index contributed by atoms with van der Waals surface area (Å²) >= 11 is 0. The molecule has 0 aromatic carbocycles. The maximum atomic E-state index is 9.65. The van der Waals surface area contributed by atoms with Crippen molar-refractivity contribution in [1.82, 2.24) is 0 Å². The first-order chi connectivity index (χ1) is 9.47. The Labute approximate surface area is 116 Å². The van der Waals surface area contributed by atoms with Gasteiger partial charge in [-0.2, -0.15) is 0 Å². The molecule has 0 atom stereocenters. The molecule has 0 aromatic heterocycles. The number of aliphatic hydroxyl groups is 3. The van der Waals surface area contributed by atoms with Crippen LogP contribution in [0, 0.1) is 0 Å². The monoisotopic (exact) mass is 290 g/mol. The second kappa shape index (κ2) is 15.3. The van der Waals surface area contributed by atoms with E-state index in [1.54, 1.807) is 0 Å². The van der Waals surface area contributed by atoms with E-state index in [4.69, 9.17) is 15.3 Å². The molecule has 8 heteroatoms. The zero-order valence-electron chi connectivity index (χ0n) is 11.0. The number of rotatable bonds is 9. The van der Waals surface area contributed by atoms with Gasteiger partial charge in [0, 0.05) is 0 Å². The fourth-order valence-corrected chi connectivity index (χ4v) is 1.12. The van der Waals surface area contributed by atoms with Crippen LogP contribution in [0.5, 0.6) is 0 Å². The summed E-state index contributed by atoms with van der Waals surface area (Å²) in [6, 6.07) is 0. The summed E-state index contributed by atoms with van der Waals surface area (Å²) in [6.07, 6.45) is 3.48. The molecule has 0 aromatic rings. The smallest absolute Gasteiger partial charge is 0.101 e. The Morgan fingerprint density at radius 1 is 0.800 bits per heavy atom. The maximum absolute atomic E-state index is 9.65. The average Bonchev–Trinajstić information content (AvgIpc) is 2.36. The van der Waals surface area contributed by atoms with Crippen LogP contribution in [0.2, 0.25) is 0 Å². The zero-order chi connectivity index (χ0) is 15.8. The van der Waals surface area contributed by atoms with E-state index in [-0.39, 0.29) is 19.8 Å². The Morgan fingerprint density at radius 3 is 1.30 bits per heavy atom. The lowest BCUT2D eigenvalue weighted by molar-refractivity contribution is -0.901. The molecule has 8 nitrogen and oxygen atoms in total. The Morgan fingerprint density at radius 2 is 1.10 bits per heavy atom. The molecule has 0 saturated heterocycles. The van der Waals surface area contributed by atoms with E-state index < -0.39 is 11.9 Å². The molecule has 0 rings (SSSR count). The van der Waals surface area contributed by atoms with Gasteiger partial charge in [-0.15, -0.1) is 0 Å². The quantitative estimate of drug-likeness (QED) is 0.245. The fourth-order valence-electron chi connectivity index (χ4n) is 1.12. The zero-order valence-corrected chi connectivity index (χ0v) is 11.0. The van der Waals surface area contributed by atoms with Crippen molar-refractivity contribution in [2.24, 2.45) is 0 Å². The van der Waals surface area contributed by atoms with Gasteiger partial charge in [-0.3, -0.25) is 0 Å². The molecule has 0 aliphatic rings. The highest BCUT2D eigenvalue weighted by Crippen LogP contribution is 1.74. The Hall–Kier alpha value is -1.74. The lowest BCUT2D eigenvalue weighted by Crippen LogP contribution is -3.13. The summed E-state index contributed by atoms with van der Waals surface area (Å²) in [6.45, 7) is 2.11. The first-order valence-electron chi connectivity index (χ1n) is 5.90. The van der Waals surface area contributed by atoms with Crippen LogP contribution in [-0.2, 0) is 9.59 Å². The van der Waals surface area contributed by atoms with Crippen LogP contribution in [0.4, 0.5) is 0 Å². The van der Waals surface area contributed by atoms with Crippen LogP contribution in [0.3, 0.4) is 0 Å². The summed E-state index contributed by atoms with van der Waals surface area (Å²) in [5.74, 6) is -2.74. The molecule has 0 saturated carbocycles. The minimum atomic E-state index is -1.37. The van der Waals surface area contributed by atoms with Gasteiger partial charge in [0.1, 0.15) is 19.6 Å².